The van der Waals surface area contributed by atoms with Gasteiger partial charge in [0.25, 0.3) is 0 Å². The maximum absolute atomic E-state index is 13.6. The van der Waals surface area contributed by atoms with Gasteiger partial charge in [-0.3, -0.25) is 4.79 Å². The molecule has 2 rings (SSSR count). The molecule has 7 heteroatoms. The summed E-state index contributed by atoms with van der Waals surface area (Å²) in [7, 11) is 0. The van der Waals surface area contributed by atoms with E-state index in [1.54, 1.807) is 0 Å². The molecule has 0 spiro atoms. The summed E-state index contributed by atoms with van der Waals surface area (Å²) in [5.41, 5.74) is -1.17. The first-order valence-corrected chi connectivity index (χ1v) is 5.13. The predicted octanol–water partition coefficient (Wildman–Crippen LogP) is 2.38. The molecule has 1 heterocycles. The first-order valence-electron chi connectivity index (χ1n) is 5.13. The molecule has 1 atom stereocenters. The Morgan fingerprint density at radius 2 is 1.78 bits per heavy atom. The predicted molar refractivity (Wildman–Crippen MR) is 50.4 cm³/mol. The van der Waals surface area contributed by atoms with E-state index in [1.165, 1.54) is 6.92 Å². The summed E-state index contributed by atoms with van der Waals surface area (Å²) in [5, 5.41) is 0. The van der Waals surface area contributed by atoms with E-state index in [0.717, 1.165) is 0 Å². The number of hydrogen-bond acceptors (Lipinski definition) is 3. The van der Waals surface area contributed by atoms with Gasteiger partial charge in [-0.05, 0) is 6.92 Å². The van der Waals surface area contributed by atoms with Crippen LogP contribution < -0.4 is 0 Å². The minimum atomic E-state index is -1.95. The number of hydrogen-bond donors (Lipinski definition) is 0. The van der Waals surface area contributed by atoms with Gasteiger partial charge in [-0.1, -0.05) is 0 Å². The average Bonchev–Trinajstić information content (AvgIpc) is 2.33. The van der Waals surface area contributed by atoms with E-state index in [4.69, 9.17) is 4.74 Å². The van der Waals surface area contributed by atoms with E-state index < -0.39 is 53.1 Å². The Morgan fingerprint density at radius 3 is 2.39 bits per heavy atom. The maximum atomic E-state index is 13.6. The second-order valence-corrected chi connectivity index (χ2v) is 3.60. The molecule has 98 valence electrons. The highest BCUT2D eigenvalue weighted by Crippen LogP contribution is 2.35. The highest BCUT2D eigenvalue weighted by molar-refractivity contribution is 5.75. The summed E-state index contributed by atoms with van der Waals surface area (Å²) in [5.74, 6) is -7.99. The van der Waals surface area contributed by atoms with Crippen LogP contribution in [0.3, 0.4) is 0 Å². The molecule has 3 nitrogen and oxygen atoms in total. The van der Waals surface area contributed by atoms with Crippen LogP contribution in [0.2, 0.25) is 0 Å². The van der Waals surface area contributed by atoms with Gasteiger partial charge in [0.2, 0.25) is 6.29 Å². The van der Waals surface area contributed by atoms with E-state index >= 15 is 0 Å². The zero-order valence-corrected chi connectivity index (χ0v) is 9.23. The van der Waals surface area contributed by atoms with Crippen molar-refractivity contribution in [1.82, 2.24) is 0 Å². The van der Waals surface area contributed by atoms with Crippen LogP contribution in [-0.2, 0) is 20.7 Å². The molecule has 0 saturated carbocycles. The Kier molecular flexibility index (Phi) is 3.25. The van der Waals surface area contributed by atoms with Gasteiger partial charge in [0.15, 0.2) is 23.3 Å². The summed E-state index contributed by atoms with van der Waals surface area (Å²) in [4.78, 5) is 11.2. The number of ether oxygens (including phenoxy) is 2. The molecule has 0 aliphatic carbocycles. The zero-order chi connectivity index (χ0) is 13.4. The number of carbonyl (C=O) groups excluding carboxylic acids is 1. The molecule has 1 aliphatic rings. The van der Waals surface area contributed by atoms with Crippen molar-refractivity contribution in [2.75, 3.05) is 6.61 Å². The van der Waals surface area contributed by atoms with E-state index in [1.807, 2.05) is 0 Å². The molecule has 0 bridgehead atoms. The first-order chi connectivity index (χ1) is 8.47. The van der Waals surface area contributed by atoms with Gasteiger partial charge in [-0.25, -0.2) is 17.6 Å². The summed E-state index contributed by atoms with van der Waals surface area (Å²) in [6.07, 6.45) is -2.23. The largest absolute Gasteiger partial charge is 0.431 e. The van der Waals surface area contributed by atoms with Crippen LogP contribution in [0, 0.1) is 23.3 Å². The van der Waals surface area contributed by atoms with Gasteiger partial charge in [0.05, 0.1) is 12.0 Å². The monoisotopic (exact) mass is 264 g/mol. The van der Waals surface area contributed by atoms with Crippen LogP contribution in [0.25, 0.3) is 0 Å². The fourth-order valence-electron chi connectivity index (χ4n) is 1.75. The van der Waals surface area contributed by atoms with Crippen LogP contribution in [-0.4, -0.2) is 12.6 Å². The van der Waals surface area contributed by atoms with Gasteiger partial charge >= 0.3 is 5.97 Å². The van der Waals surface area contributed by atoms with Crippen molar-refractivity contribution in [2.24, 2.45) is 0 Å². The molecule has 0 fully saturated rings. The third-order valence-electron chi connectivity index (χ3n) is 2.52. The summed E-state index contributed by atoms with van der Waals surface area (Å²) >= 11 is 0. The summed E-state index contributed by atoms with van der Waals surface area (Å²) in [6.45, 7) is 1.55. The lowest BCUT2D eigenvalue weighted by molar-refractivity contribution is -0.183. The van der Waals surface area contributed by atoms with Crippen LogP contribution in [0.1, 0.15) is 24.3 Å². The highest BCUT2D eigenvalue weighted by atomic mass is 19.2. The topological polar surface area (TPSA) is 35.5 Å². The minimum Gasteiger partial charge on any atom is -0.431 e. The van der Waals surface area contributed by atoms with Crippen molar-refractivity contribution in [3.05, 3.63) is 34.4 Å². The minimum absolute atomic E-state index is 0.0252. The SMILES string of the molecule is CCOC1OC(=O)Cc2c(F)c(F)c(F)c(F)c21. The van der Waals surface area contributed by atoms with Crippen LogP contribution in [0.15, 0.2) is 0 Å². The van der Waals surface area contributed by atoms with Gasteiger partial charge in [0, 0.05) is 12.2 Å². The number of carbonyl (C=O) groups is 1. The Hall–Kier alpha value is -1.63. The van der Waals surface area contributed by atoms with E-state index in [-0.39, 0.29) is 6.61 Å². The number of halogens is 4. The molecule has 1 aliphatic heterocycles. The molecule has 18 heavy (non-hydrogen) atoms. The molecule has 1 aromatic carbocycles. The molecule has 1 aromatic rings. The molecular formula is C11H8F4O3. The molecule has 0 saturated heterocycles. The fraction of sp³-hybridized carbons (Fsp3) is 0.364. The molecule has 0 N–H and O–H groups in total. The summed E-state index contributed by atoms with van der Waals surface area (Å²) in [6, 6.07) is 0. The van der Waals surface area contributed by atoms with Crippen LogP contribution in [0.5, 0.6) is 0 Å². The summed E-state index contributed by atoms with van der Waals surface area (Å²) < 4.78 is 62.7. The Balaban J connectivity index is 2.66. The maximum Gasteiger partial charge on any atom is 0.312 e. The molecule has 0 radical (unpaired) electrons. The van der Waals surface area contributed by atoms with Crippen molar-refractivity contribution in [1.29, 1.82) is 0 Å². The normalized spacial score (nSPS) is 18.5. The third kappa shape index (κ3) is 1.84. The van der Waals surface area contributed by atoms with Crippen LogP contribution in [0.4, 0.5) is 17.6 Å². The highest BCUT2D eigenvalue weighted by Gasteiger charge is 2.36. The Bertz CT molecular complexity index is 516. The lowest BCUT2D eigenvalue weighted by Crippen LogP contribution is -2.27. The second-order valence-electron chi connectivity index (χ2n) is 3.60. The number of esters is 1. The molecule has 1 unspecified atom stereocenters. The third-order valence-corrected chi connectivity index (χ3v) is 2.52. The average molecular weight is 264 g/mol. The van der Waals surface area contributed by atoms with Gasteiger partial charge in [-0.15, -0.1) is 0 Å². The Labute approximate surface area is 99.3 Å². The molecule has 0 amide bonds. The standard InChI is InChI=1S/C11H8F4O3/c1-2-17-11-6-4(3-5(16)18-11)7(12)9(14)10(15)8(6)13/h11H,2-3H2,1H3. The fourth-order valence-corrected chi connectivity index (χ4v) is 1.75. The van der Waals surface area contributed by atoms with E-state index in [0.29, 0.717) is 0 Å². The van der Waals surface area contributed by atoms with Crippen LogP contribution >= 0.6 is 0 Å². The quantitative estimate of drug-likeness (QED) is 0.356. The van der Waals surface area contributed by atoms with Crippen molar-refractivity contribution < 1.29 is 31.8 Å². The van der Waals surface area contributed by atoms with E-state index in [2.05, 4.69) is 4.74 Å². The number of rotatable bonds is 2. The number of cyclic esters (lactones) is 1. The van der Waals surface area contributed by atoms with Gasteiger partial charge in [0.1, 0.15) is 0 Å². The van der Waals surface area contributed by atoms with Crippen molar-refractivity contribution in [2.45, 2.75) is 19.6 Å². The zero-order valence-electron chi connectivity index (χ0n) is 9.23. The van der Waals surface area contributed by atoms with Crippen molar-refractivity contribution in [3.8, 4) is 0 Å². The lowest BCUT2D eigenvalue weighted by Gasteiger charge is -2.26. The molecular weight excluding hydrogens is 256 g/mol. The first kappa shape index (κ1) is 12.8. The van der Waals surface area contributed by atoms with Gasteiger partial charge in [-0.2, -0.15) is 0 Å². The second kappa shape index (κ2) is 4.56. The number of fused-ring (bicyclic) bond motifs is 1. The van der Waals surface area contributed by atoms with Crippen molar-refractivity contribution in [3.63, 3.8) is 0 Å². The van der Waals surface area contributed by atoms with Gasteiger partial charge < -0.3 is 9.47 Å². The molecule has 0 aromatic heterocycles. The number of benzene rings is 1. The van der Waals surface area contributed by atoms with Crippen molar-refractivity contribution >= 4 is 5.97 Å². The Morgan fingerprint density at radius 1 is 1.17 bits per heavy atom. The smallest absolute Gasteiger partial charge is 0.312 e. The van der Waals surface area contributed by atoms with E-state index in [9.17, 15) is 22.4 Å². The lowest BCUT2D eigenvalue weighted by atomic mass is 9.99.